The molecule has 0 radical (unpaired) electrons. The van der Waals surface area contributed by atoms with Gasteiger partial charge in [0.15, 0.2) is 0 Å². The molecule has 1 aliphatic heterocycles. The second kappa shape index (κ2) is 15.3. The Kier molecular flexibility index (Phi) is 11.1. The molecule has 2 heterocycles. The summed E-state index contributed by atoms with van der Waals surface area (Å²) in [7, 11) is 1.58. The Hall–Kier alpha value is -5.65. The van der Waals surface area contributed by atoms with E-state index in [4.69, 9.17) is 19.2 Å². The molecule has 52 heavy (non-hydrogen) atoms. The van der Waals surface area contributed by atoms with Gasteiger partial charge in [0.05, 0.1) is 31.3 Å². The number of carboxylic acid groups (broad SMARTS) is 1. The van der Waals surface area contributed by atoms with Crippen LogP contribution in [0.15, 0.2) is 78.9 Å². The maximum atomic E-state index is 14.5. The van der Waals surface area contributed by atoms with Crippen LogP contribution in [0.4, 0.5) is 10.5 Å². The van der Waals surface area contributed by atoms with Crippen molar-refractivity contribution in [3.63, 3.8) is 0 Å². The maximum absolute atomic E-state index is 14.5. The number of anilines is 1. The molecule has 1 aromatic heterocycles. The highest BCUT2D eigenvalue weighted by Crippen LogP contribution is 2.35. The molecule has 4 aromatic rings. The summed E-state index contributed by atoms with van der Waals surface area (Å²) in [6, 6.07) is 21.5. The predicted molar refractivity (Wildman–Crippen MR) is 197 cm³/mol. The van der Waals surface area contributed by atoms with E-state index in [0.717, 1.165) is 5.56 Å². The Morgan fingerprint density at radius 2 is 1.63 bits per heavy atom. The fourth-order valence-corrected chi connectivity index (χ4v) is 6.13. The number of alkyl carbamates (subject to hydrolysis) is 1. The molecular formula is C40H46N4O8. The van der Waals surface area contributed by atoms with Crippen LogP contribution in [0.25, 0.3) is 22.2 Å². The van der Waals surface area contributed by atoms with Crippen molar-refractivity contribution in [3.05, 3.63) is 84.4 Å². The molecule has 1 fully saturated rings. The van der Waals surface area contributed by atoms with Gasteiger partial charge in [-0.25, -0.2) is 9.78 Å². The Bertz CT molecular complexity index is 1950. The number of carbonyl (C=O) groups excluding carboxylic acids is 3. The molecule has 1 aliphatic rings. The monoisotopic (exact) mass is 710 g/mol. The van der Waals surface area contributed by atoms with Gasteiger partial charge in [0.25, 0.3) is 0 Å². The first-order valence-electron chi connectivity index (χ1n) is 17.1. The van der Waals surface area contributed by atoms with Crippen molar-refractivity contribution < 1.29 is 38.5 Å². The summed E-state index contributed by atoms with van der Waals surface area (Å²) in [5.74, 6) is -0.921. The lowest BCUT2D eigenvalue weighted by molar-refractivity contribution is -0.140. The Balaban J connectivity index is 1.52. The van der Waals surface area contributed by atoms with E-state index >= 15 is 0 Å². The van der Waals surface area contributed by atoms with Crippen LogP contribution in [0.1, 0.15) is 53.5 Å². The smallest absolute Gasteiger partial charge is 0.408 e. The molecule has 3 aromatic carbocycles. The number of nitrogens with zero attached hydrogens (tertiary/aromatic N) is 2. The summed E-state index contributed by atoms with van der Waals surface area (Å²) in [4.78, 5) is 59.5. The number of amides is 3. The number of carboxylic acids is 1. The Labute approximate surface area is 303 Å². The van der Waals surface area contributed by atoms with E-state index in [0.29, 0.717) is 39.3 Å². The molecule has 5 rings (SSSR count). The number of rotatable bonds is 10. The largest absolute Gasteiger partial charge is 0.497 e. The van der Waals surface area contributed by atoms with Crippen molar-refractivity contribution >= 4 is 40.5 Å². The molecule has 12 nitrogen and oxygen atoms in total. The van der Waals surface area contributed by atoms with Crippen molar-refractivity contribution in [2.45, 2.75) is 78.2 Å². The van der Waals surface area contributed by atoms with E-state index in [-0.39, 0.29) is 19.4 Å². The standard InChI is InChI=1S/C40H46N4O8/c1-39(2,3)35(43-38(49)52-40(4,5)6)37(48)44-23-27(21-32(44)36(47)42-29-16-12-11-15-25(29)19-34(45)46)51-33-22-30(24-13-9-8-10-14-24)41-31-20-26(50-7)17-18-28(31)33/h8-18,20,22,27,32,35H,19,21,23H2,1-7H3,(H,42,47)(H,43,49)(H,45,46)/t27-,32+,35-/m1/s1. The zero-order valence-electron chi connectivity index (χ0n) is 30.6. The summed E-state index contributed by atoms with van der Waals surface area (Å²) in [6.45, 7) is 10.7. The Morgan fingerprint density at radius 1 is 0.942 bits per heavy atom. The van der Waals surface area contributed by atoms with Gasteiger partial charge in [0, 0.05) is 35.2 Å². The average molecular weight is 711 g/mol. The number of aliphatic carboxylic acids is 1. The Morgan fingerprint density at radius 3 is 2.29 bits per heavy atom. The number of likely N-dealkylation sites (tertiary alicyclic amines) is 1. The zero-order valence-corrected chi connectivity index (χ0v) is 30.6. The number of hydrogen-bond acceptors (Lipinski definition) is 8. The number of ether oxygens (including phenoxy) is 3. The number of benzene rings is 3. The molecule has 3 N–H and O–H groups in total. The van der Waals surface area contributed by atoms with Gasteiger partial charge < -0.3 is 34.9 Å². The number of methoxy groups -OCH3 is 1. The van der Waals surface area contributed by atoms with E-state index in [2.05, 4.69) is 10.6 Å². The van der Waals surface area contributed by atoms with E-state index in [1.165, 1.54) is 4.90 Å². The van der Waals surface area contributed by atoms with Gasteiger partial charge in [-0.3, -0.25) is 14.4 Å². The quantitative estimate of drug-likeness (QED) is 0.168. The minimum atomic E-state index is -1.06. The lowest BCUT2D eigenvalue weighted by Gasteiger charge is -2.35. The molecule has 0 aliphatic carbocycles. The van der Waals surface area contributed by atoms with E-state index < -0.39 is 53.1 Å². The highest BCUT2D eigenvalue weighted by molar-refractivity contribution is 6.00. The molecule has 3 amide bonds. The van der Waals surface area contributed by atoms with E-state index in [9.17, 15) is 24.3 Å². The number of pyridine rings is 1. The predicted octanol–water partition coefficient (Wildman–Crippen LogP) is 6.46. The van der Waals surface area contributed by atoms with Crippen molar-refractivity contribution in [2.75, 3.05) is 19.0 Å². The summed E-state index contributed by atoms with van der Waals surface area (Å²) in [6.07, 6.45) is -1.59. The van der Waals surface area contributed by atoms with Gasteiger partial charge in [-0.05, 0) is 49.9 Å². The molecule has 0 bridgehead atoms. The molecule has 0 spiro atoms. The van der Waals surface area contributed by atoms with Crippen molar-refractivity contribution in [1.82, 2.24) is 15.2 Å². The van der Waals surface area contributed by atoms with E-state index in [1.54, 1.807) is 52.1 Å². The summed E-state index contributed by atoms with van der Waals surface area (Å²) >= 11 is 0. The van der Waals surface area contributed by atoms with Crippen LogP contribution in [0.5, 0.6) is 11.5 Å². The molecule has 3 atom stereocenters. The first-order chi connectivity index (χ1) is 24.5. The fourth-order valence-electron chi connectivity index (χ4n) is 6.13. The van der Waals surface area contributed by atoms with Crippen LogP contribution >= 0.6 is 0 Å². The van der Waals surface area contributed by atoms with Crippen LogP contribution in [-0.4, -0.2) is 76.3 Å². The molecule has 0 unspecified atom stereocenters. The zero-order chi connectivity index (χ0) is 37.8. The first kappa shape index (κ1) is 37.6. The third-order valence-electron chi connectivity index (χ3n) is 8.58. The number of nitrogens with one attached hydrogen (secondary N) is 2. The summed E-state index contributed by atoms with van der Waals surface area (Å²) < 4.78 is 17.6. The lowest BCUT2D eigenvalue weighted by atomic mass is 9.85. The third-order valence-corrected chi connectivity index (χ3v) is 8.58. The van der Waals surface area contributed by atoms with E-state index in [1.807, 2.05) is 75.4 Å². The van der Waals surface area contributed by atoms with Crippen molar-refractivity contribution in [1.29, 1.82) is 0 Å². The summed E-state index contributed by atoms with van der Waals surface area (Å²) in [5, 5.41) is 15.8. The number of para-hydroxylation sites is 1. The van der Waals surface area contributed by atoms with Gasteiger partial charge in [-0.15, -0.1) is 0 Å². The number of carbonyl (C=O) groups is 4. The first-order valence-corrected chi connectivity index (χ1v) is 17.1. The second-order valence-corrected chi connectivity index (χ2v) is 14.9. The number of hydrogen-bond donors (Lipinski definition) is 3. The number of aromatic nitrogens is 1. The SMILES string of the molecule is COc1ccc2c(O[C@@H]3C[C@@H](C(=O)Nc4ccccc4CC(=O)O)N(C(=O)[C@@H](NC(=O)OC(C)(C)C)C(C)(C)C)C3)cc(-c3ccccc3)nc2c1. The van der Waals surface area contributed by atoms with Gasteiger partial charge in [0.2, 0.25) is 11.8 Å². The van der Waals surface area contributed by atoms with Crippen LogP contribution in [-0.2, 0) is 25.5 Å². The van der Waals surface area contributed by atoms with Gasteiger partial charge in [0.1, 0.15) is 35.3 Å². The minimum Gasteiger partial charge on any atom is -0.497 e. The van der Waals surface area contributed by atoms with Crippen molar-refractivity contribution in [3.8, 4) is 22.8 Å². The van der Waals surface area contributed by atoms with Gasteiger partial charge in [-0.2, -0.15) is 0 Å². The molecule has 0 saturated carbocycles. The normalized spacial score (nSPS) is 16.6. The highest BCUT2D eigenvalue weighted by Gasteiger charge is 2.46. The lowest BCUT2D eigenvalue weighted by Crippen LogP contribution is -2.57. The number of fused-ring (bicyclic) bond motifs is 1. The van der Waals surface area contributed by atoms with Crippen LogP contribution in [0, 0.1) is 5.41 Å². The van der Waals surface area contributed by atoms with Gasteiger partial charge in [-0.1, -0.05) is 69.3 Å². The van der Waals surface area contributed by atoms with Crippen molar-refractivity contribution in [2.24, 2.45) is 5.41 Å². The third kappa shape index (κ3) is 9.17. The fraction of sp³-hybridized carbons (Fsp3) is 0.375. The molecule has 1 saturated heterocycles. The minimum absolute atomic E-state index is 0.0247. The average Bonchev–Trinajstić information content (AvgIpc) is 3.50. The maximum Gasteiger partial charge on any atom is 0.408 e. The molecule has 12 heteroatoms. The highest BCUT2D eigenvalue weighted by atomic mass is 16.6. The van der Waals surface area contributed by atoms with Gasteiger partial charge >= 0.3 is 12.1 Å². The van der Waals surface area contributed by atoms with Crippen LogP contribution in [0.3, 0.4) is 0 Å². The summed E-state index contributed by atoms with van der Waals surface area (Å²) in [5.41, 5.74) is 1.35. The topological polar surface area (TPSA) is 156 Å². The molecule has 274 valence electrons. The second-order valence-electron chi connectivity index (χ2n) is 14.9. The molecular weight excluding hydrogens is 664 g/mol. The van der Waals surface area contributed by atoms with Crippen LogP contribution < -0.4 is 20.1 Å². The van der Waals surface area contributed by atoms with Crippen LogP contribution in [0.2, 0.25) is 0 Å².